The molecule has 0 unspecified atom stereocenters. The molecule has 8 heterocycles. The van der Waals surface area contributed by atoms with Gasteiger partial charge >= 0.3 is 12.4 Å². The summed E-state index contributed by atoms with van der Waals surface area (Å²) in [6.07, 6.45) is 3.00. The Morgan fingerprint density at radius 2 is 1.04 bits per heavy atom. The van der Waals surface area contributed by atoms with E-state index in [1.807, 2.05) is 82.6 Å². The van der Waals surface area contributed by atoms with Crippen molar-refractivity contribution in [2.24, 2.45) is 11.8 Å². The molecule has 2 N–H and O–H groups in total. The molecule has 6 aromatic heterocycles. The van der Waals surface area contributed by atoms with Crippen LogP contribution in [0.1, 0.15) is 76.6 Å². The minimum absolute atomic E-state index is 0.0378. The number of pyridine rings is 2. The van der Waals surface area contributed by atoms with Gasteiger partial charge in [-0.3, -0.25) is 0 Å². The number of aryl methyl sites for hydroxylation is 2. The number of methoxy groups -OCH3 is 1. The average Bonchev–Trinajstić information content (AvgIpc) is 4.26. The minimum atomic E-state index is -4.30. The lowest BCUT2D eigenvalue weighted by atomic mass is 9.95. The third-order valence-corrected chi connectivity index (χ3v) is 15.3. The van der Waals surface area contributed by atoms with Crippen LogP contribution in [0, 0.1) is 11.8 Å². The molecular formula is C55H57ClF6N10O5. The van der Waals surface area contributed by atoms with Crippen molar-refractivity contribution in [3.8, 4) is 5.88 Å². The third-order valence-electron chi connectivity index (χ3n) is 15.0. The van der Waals surface area contributed by atoms with Gasteiger partial charge in [0.2, 0.25) is 5.88 Å². The lowest BCUT2D eigenvalue weighted by Gasteiger charge is -2.24. The summed E-state index contributed by atoms with van der Waals surface area (Å²) in [7, 11) is 1.60. The number of hydrogen-bond donors (Lipinski definition) is 2. The van der Waals surface area contributed by atoms with Crippen LogP contribution in [0.2, 0.25) is 5.15 Å². The van der Waals surface area contributed by atoms with Crippen LogP contribution in [0.3, 0.4) is 0 Å². The smallest absolute Gasteiger partial charge is 0.405 e. The molecule has 2 aliphatic carbocycles. The molecule has 2 aromatic carbocycles. The highest BCUT2D eigenvalue weighted by Crippen LogP contribution is 2.51. The summed E-state index contributed by atoms with van der Waals surface area (Å²) in [5.41, 5.74) is 5.05. The summed E-state index contributed by atoms with van der Waals surface area (Å²) in [4.78, 5) is 26.1. The van der Waals surface area contributed by atoms with Crippen LogP contribution in [0.5, 0.6) is 5.88 Å². The minimum Gasteiger partial charge on any atom is -0.480 e. The maximum atomic E-state index is 12.6. The monoisotopic (exact) mass is 1090 g/mol. The average molecular weight is 1090 g/mol. The second-order valence-electron chi connectivity index (χ2n) is 21.2. The van der Waals surface area contributed by atoms with Gasteiger partial charge in [-0.2, -0.15) is 26.3 Å². The van der Waals surface area contributed by atoms with Gasteiger partial charge in [0.1, 0.15) is 66.0 Å². The van der Waals surface area contributed by atoms with E-state index in [2.05, 4.69) is 55.7 Å². The number of halogens is 7. The van der Waals surface area contributed by atoms with E-state index >= 15 is 0 Å². The highest BCUT2D eigenvalue weighted by atomic mass is 35.5. The lowest BCUT2D eigenvalue weighted by molar-refractivity contribution is -0.160. The first-order valence-corrected chi connectivity index (χ1v) is 26.0. The number of ether oxygens (including phenoxy) is 5. The van der Waals surface area contributed by atoms with E-state index in [1.54, 1.807) is 31.4 Å². The number of alkyl halides is 6. The van der Waals surface area contributed by atoms with Gasteiger partial charge in [-0.05, 0) is 138 Å². The Hall–Kier alpha value is -6.39. The van der Waals surface area contributed by atoms with Gasteiger partial charge in [0.15, 0.2) is 11.6 Å². The molecule has 15 nitrogen and oxygen atoms in total. The molecule has 2 saturated carbocycles. The van der Waals surface area contributed by atoms with E-state index in [9.17, 15) is 26.3 Å². The van der Waals surface area contributed by atoms with E-state index in [4.69, 9.17) is 35.3 Å². The fraction of sp³-hybridized carbons (Fsp3) is 0.455. The number of anilines is 2. The zero-order chi connectivity index (χ0) is 54.0. The number of aromatic nitrogens is 8. The Morgan fingerprint density at radius 1 is 0.597 bits per heavy atom. The first-order valence-electron chi connectivity index (χ1n) is 25.6. The summed E-state index contributed by atoms with van der Waals surface area (Å²) < 4.78 is 111. The third kappa shape index (κ3) is 11.3. The number of nitrogens with zero attached hydrogens (tertiary/aromatic N) is 8. The SMILES string of the molecule is CC1(C)O[C@@H]2[C@@H](CCc3ccc4ccc(NCC(F)(F)F)nc4c3)C[C@@H](n3ccc4c(Cl)ncnc43)[C@@H]2O1.COc1ncnc2c1ccn2[C@@H]1C[C@H](CCc2ccc3ccc(NCC(F)(F)F)nc3c2)[C@H]2OC(C)(C)O[C@H]21. The number of rotatable bonds is 13. The summed E-state index contributed by atoms with van der Waals surface area (Å²) in [5, 5.41) is 8.55. The zero-order valence-electron chi connectivity index (χ0n) is 42.8. The van der Waals surface area contributed by atoms with E-state index in [0.29, 0.717) is 22.1 Å². The molecule has 8 aromatic rings. The second kappa shape index (κ2) is 20.4. The lowest BCUT2D eigenvalue weighted by Crippen LogP contribution is -2.27. The van der Waals surface area contributed by atoms with Gasteiger partial charge in [-0.1, -0.05) is 35.9 Å². The van der Waals surface area contributed by atoms with Crippen molar-refractivity contribution >= 4 is 67.1 Å². The van der Waals surface area contributed by atoms with Gasteiger partial charge in [0, 0.05) is 23.2 Å². The van der Waals surface area contributed by atoms with Gasteiger partial charge in [-0.25, -0.2) is 29.9 Å². The van der Waals surface area contributed by atoms with Crippen LogP contribution in [-0.2, 0) is 31.8 Å². The van der Waals surface area contributed by atoms with Crippen molar-refractivity contribution in [1.29, 1.82) is 0 Å². The van der Waals surface area contributed by atoms with Gasteiger partial charge < -0.3 is 43.5 Å². The Balaban J connectivity index is 0.000000164. The summed E-state index contributed by atoms with van der Waals surface area (Å²) in [5.74, 6) is 0.0572. The predicted octanol–water partition coefficient (Wildman–Crippen LogP) is 12.0. The fourth-order valence-electron chi connectivity index (χ4n) is 11.7. The number of fused-ring (bicyclic) bond motifs is 6. The molecule has 8 atom stereocenters. The van der Waals surface area contributed by atoms with E-state index in [1.165, 1.54) is 12.7 Å². The molecule has 0 amide bonds. The van der Waals surface area contributed by atoms with E-state index in [0.717, 1.165) is 82.5 Å². The van der Waals surface area contributed by atoms with Crippen molar-refractivity contribution in [1.82, 2.24) is 39.0 Å². The summed E-state index contributed by atoms with van der Waals surface area (Å²) >= 11 is 6.29. The number of nitrogens with one attached hydrogen (secondary N) is 2. The highest BCUT2D eigenvalue weighted by Gasteiger charge is 2.56. The molecule has 4 aliphatic rings. The van der Waals surface area contributed by atoms with Gasteiger partial charge in [0.05, 0.1) is 53.2 Å². The van der Waals surface area contributed by atoms with Crippen molar-refractivity contribution < 1.29 is 50.0 Å². The second-order valence-corrected chi connectivity index (χ2v) is 21.5. The van der Waals surface area contributed by atoms with E-state index in [-0.39, 0.29) is 60.0 Å². The number of benzene rings is 2. The molecule has 12 rings (SSSR count). The Bertz CT molecular complexity index is 3450. The van der Waals surface area contributed by atoms with Crippen LogP contribution < -0.4 is 15.4 Å². The molecule has 4 fully saturated rings. The first-order chi connectivity index (χ1) is 36.7. The molecule has 77 heavy (non-hydrogen) atoms. The summed E-state index contributed by atoms with van der Waals surface area (Å²) in [6.45, 7) is 5.52. The van der Waals surface area contributed by atoms with Crippen LogP contribution in [-0.4, -0.2) is 108 Å². The molecule has 2 aliphatic heterocycles. The normalized spacial score (nSPS) is 24.6. The topological polar surface area (TPSA) is 157 Å². The van der Waals surface area contributed by atoms with Crippen LogP contribution >= 0.6 is 11.6 Å². The van der Waals surface area contributed by atoms with Gasteiger partial charge in [-0.15, -0.1) is 0 Å². The van der Waals surface area contributed by atoms with E-state index < -0.39 is 37.0 Å². The Morgan fingerprint density at radius 3 is 1.52 bits per heavy atom. The maximum Gasteiger partial charge on any atom is 0.405 e. The molecule has 0 bridgehead atoms. The molecule has 0 spiro atoms. The predicted molar refractivity (Wildman–Crippen MR) is 278 cm³/mol. The fourth-order valence-corrected chi connectivity index (χ4v) is 11.9. The standard InChI is InChI=1S/C28H30F3N5O3.C27H27ClF3N5O2/c1-27(2)38-23-18(13-21(24(23)39-27)36-11-10-19-25(36)33-15-34-26(19)37-3)7-5-16-4-6-17-8-9-22(35-20(17)12-16)32-14-28(29,30)31;1-26(2)37-22-17(12-20(23(22)38-26)36-10-9-18-24(28)33-14-34-25(18)36)6-4-15-3-5-16-7-8-21(35-19(16)11-15)32-13-27(29,30)31/h4,6,8-12,15,18,21,23-24H,5,7,13-14H2,1-3H3,(H,32,35);3,5,7-11,14,17,20,22-23H,4,6,12-13H2,1-2H3,(H,32,35)/t18-,21+,23+,24-;17-,20+,22+,23-/m00/s1. The van der Waals surface area contributed by atoms with Crippen LogP contribution in [0.15, 0.2) is 97.8 Å². The summed E-state index contributed by atoms with van der Waals surface area (Å²) in [6, 6.07) is 22.6. The van der Waals surface area contributed by atoms with Crippen molar-refractivity contribution in [3.05, 3.63) is 114 Å². The first kappa shape index (κ1) is 52.7. The van der Waals surface area contributed by atoms with Crippen molar-refractivity contribution in [2.45, 2.75) is 127 Å². The highest BCUT2D eigenvalue weighted by molar-refractivity contribution is 6.33. The quantitative estimate of drug-likeness (QED) is 0.0831. The van der Waals surface area contributed by atoms with Crippen molar-refractivity contribution in [3.63, 3.8) is 0 Å². The Labute approximate surface area is 444 Å². The molecular weight excluding hydrogens is 1030 g/mol. The van der Waals surface area contributed by atoms with Crippen LogP contribution in [0.4, 0.5) is 38.0 Å². The zero-order valence-corrected chi connectivity index (χ0v) is 43.5. The van der Waals surface area contributed by atoms with Crippen LogP contribution in [0.25, 0.3) is 43.9 Å². The maximum absolute atomic E-state index is 12.6. The number of hydrogen-bond acceptors (Lipinski definition) is 13. The molecule has 406 valence electrons. The van der Waals surface area contributed by atoms with Crippen molar-refractivity contribution in [2.75, 3.05) is 30.8 Å². The molecule has 2 saturated heterocycles. The van der Waals surface area contributed by atoms with Gasteiger partial charge in [0.25, 0.3) is 0 Å². The molecule has 22 heteroatoms. The largest absolute Gasteiger partial charge is 0.480 e. The Kier molecular flexibility index (Phi) is 14.0. The molecule has 0 radical (unpaired) electrons.